The Morgan fingerprint density at radius 1 is 0.515 bits per heavy atom. The van der Waals surface area contributed by atoms with Crippen LogP contribution in [0.4, 0.5) is 0 Å². The molecule has 154 valence electrons. The van der Waals surface area contributed by atoms with Crippen LogP contribution in [0.1, 0.15) is 22.3 Å². The third-order valence-corrected chi connectivity index (χ3v) is 11.4. The van der Waals surface area contributed by atoms with Crippen LogP contribution in [0.3, 0.4) is 0 Å². The first-order valence-corrected chi connectivity index (χ1v) is 13.8. The molecular formula is C31H20SSi. The Balaban J connectivity index is 1.60. The van der Waals surface area contributed by atoms with Gasteiger partial charge in [0.15, 0.2) is 0 Å². The Bertz CT molecular complexity index is 1710. The van der Waals surface area contributed by atoms with Crippen molar-refractivity contribution in [1.82, 2.24) is 0 Å². The van der Waals surface area contributed by atoms with Crippen LogP contribution >= 0.6 is 11.3 Å². The van der Waals surface area contributed by atoms with E-state index in [0.29, 0.717) is 0 Å². The summed E-state index contributed by atoms with van der Waals surface area (Å²) in [6.07, 6.45) is 0. The van der Waals surface area contributed by atoms with E-state index < -0.39 is 9.52 Å². The second-order valence-corrected chi connectivity index (χ2v) is 12.1. The molecule has 1 aliphatic carbocycles. The van der Waals surface area contributed by atoms with Gasteiger partial charge in [-0.15, -0.1) is 11.3 Å². The number of benzene rings is 5. The molecule has 6 aromatic rings. The lowest BCUT2D eigenvalue weighted by atomic mass is 9.67. The van der Waals surface area contributed by atoms with Gasteiger partial charge in [0, 0.05) is 20.2 Å². The number of thiophene rings is 1. The first-order valence-electron chi connectivity index (χ1n) is 11.6. The first kappa shape index (κ1) is 18.0. The van der Waals surface area contributed by atoms with Crippen molar-refractivity contribution in [1.29, 1.82) is 0 Å². The van der Waals surface area contributed by atoms with Crippen molar-refractivity contribution in [3.05, 3.63) is 131 Å². The zero-order chi connectivity index (χ0) is 21.6. The van der Waals surface area contributed by atoms with E-state index in [1.54, 1.807) is 10.4 Å². The maximum Gasteiger partial charge on any atom is 0.0902 e. The second kappa shape index (κ2) is 6.32. The molecule has 0 saturated carbocycles. The largest absolute Gasteiger partial charge is 0.135 e. The minimum absolute atomic E-state index is 0.227. The number of hydrogen-bond donors (Lipinski definition) is 0. The molecule has 1 aromatic heterocycles. The molecule has 0 saturated heterocycles. The molecule has 0 amide bonds. The molecule has 0 radical (unpaired) electrons. The standard InChI is InChI=1S/C31H20SSi/c1-4-12-23-19(9-1)20-10-2-5-13-24(20)31(23)25-14-6-8-16-28(25)33-30-26(31)18-17-22-21-11-3-7-15-27(21)32-29(22)30/h1-18H,33H2. The second-order valence-electron chi connectivity index (χ2n) is 9.24. The van der Waals surface area contributed by atoms with Crippen molar-refractivity contribution in [3.63, 3.8) is 0 Å². The average Bonchev–Trinajstić information content (AvgIpc) is 3.40. The van der Waals surface area contributed by atoms with Crippen LogP contribution in [0.15, 0.2) is 109 Å². The van der Waals surface area contributed by atoms with E-state index in [-0.39, 0.29) is 5.41 Å². The van der Waals surface area contributed by atoms with Crippen LogP contribution in [0.2, 0.25) is 0 Å². The Labute approximate surface area is 199 Å². The highest BCUT2D eigenvalue weighted by Crippen LogP contribution is 2.56. The Kier molecular flexibility index (Phi) is 3.45. The maximum absolute atomic E-state index is 2.47. The van der Waals surface area contributed by atoms with Crippen LogP contribution in [-0.4, -0.2) is 9.52 Å². The molecule has 8 rings (SSSR count). The van der Waals surface area contributed by atoms with E-state index in [9.17, 15) is 0 Å². The molecule has 5 aromatic carbocycles. The highest BCUT2D eigenvalue weighted by molar-refractivity contribution is 7.27. The van der Waals surface area contributed by atoms with E-state index in [2.05, 4.69) is 109 Å². The lowest BCUT2D eigenvalue weighted by molar-refractivity contribution is 0.777. The fourth-order valence-corrected chi connectivity index (χ4v) is 10.3. The summed E-state index contributed by atoms with van der Waals surface area (Å²) >= 11 is 1.99. The molecule has 0 nitrogen and oxygen atoms in total. The molecule has 2 aliphatic rings. The molecule has 0 bridgehead atoms. The summed E-state index contributed by atoms with van der Waals surface area (Å²) in [6, 6.07) is 41.3. The van der Waals surface area contributed by atoms with Gasteiger partial charge in [-0.25, -0.2) is 0 Å². The van der Waals surface area contributed by atoms with E-state index >= 15 is 0 Å². The lowest BCUT2D eigenvalue weighted by Crippen LogP contribution is -2.49. The molecule has 0 unspecified atom stereocenters. The van der Waals surface area contributed by atoms with Crippen LogP contribution in [-0.2, 0) is 5.41 Å². The molecule has 2 heteroatoms. The van der Waals surface area contributed by atoms with Gasteiger partial charge in [-0.2, -0.15) is 0 Å². The smallest absolute Gasteiger partial charge is 0.0902 e. The van der Waals surface area contributed by atoms with Crippen LogP contribution in [0.5, 0.6) is 0 Å². The first-order chi connectivity index (χ1) is 16.4. The molecule has 1 aliphatic heterocycles. The van der Waals surface area contributed by atoms with E-state index in [4.69, 9.17) is 0 Å². The van der Waals surface area contributed by atoms with Crippen molar-refractivity contribution in [3.8, 4) is 11.1 Å². The molecule has 0 atom stereocenters. The van der Waals surface area contributed by atoms with E-state index in [1.807, 2.05) is 11.3 Å². The predicted octanol–water partition coefficient (Wildman–Crippen LogP) is 5.85. The Morgan fingerprint density at radius 2 is 1.15 bits per heavy atom. The van der Waals surface area contributed by atoms with Gasteiger partial charge in [-0.1, -0.05) is 108 Å². The van der Waals surface area contributed by atoms with Crippen LogP contribution in [0.25, 0.3) is 31.3 Å². The van der Waals surface area contributed by atoms with Crippen molar-refractivity contribution in [2.45, 2.75) is 5.41 Å². The van der Waals surface area contributed by atoms with Crippen molar-refractivity contribution in [2.24, 2.45) is 0 Å². The summed E-state index contributed by atoms with van der Waals surface area (Å²) in [7, 11) is -0.612. The van der Waals surface area contributed by atoms with Crippen LogP contribution in [0, 0.1) is 0 Å². The van der Waals surface area contributed by atoms with Crippen molar-refractivity contribution in [2.75, 3.05) is 0 Å². The Morgan fingerprint density at radius 3 is 1.94 bits per heavy atom. The zero-order valence-electron chi connectivity index (χ0n) is 18.0. The van der Waals surface area contributed by atoms with Crippen molar-refractivity contribution < 1.29 is 0 Å². The third-order valence-electron chi connectivity index (χ3n) is 7.79. The predicted molar refractivity (Wildman–Crippen MR) is 144 cm³/mol. The minimum atomic E-state index is -0.612. The molecule has 0 N–H and O–H groups in total. The van der Waals surface area contributed by atoms with Gasteiger partial charge < -0.3 is 0 Å². The van der Waals surface area contributed by atoms with Gasteiger partial charge in [0.2, 0.25) is 0 Å². The minimum Gasteiger partial charge on any atom is -0.135 e. The van der Waals surface area contributed by atoms with Gasteiger partial charge in [-0.05, 0) is 44.6 Å². The lowest BCUT2D eigenvalue weighted by Gasteiger charge is -2.40. The summed E-state index contributed by atoms with van der Waals surface area (Å²) in [5, 5.41) is 6.05. The Hall–Kier alpha value is -3.46. The number of hydrogen-bond acceptors (Lipinski definition) is 1. The number of fused-ring (bicyclic) bond motifs is 13. The van der Waals surface area contributed by atoms with Gasteiger partial charge in [0.1, 0.15) is 0 Å². The van der Waals surface area contributed by atoms with Gasteiger partial charge >= 0.3 is 0 Å². The highest BCUT2D eigenvalue weighted by atomic mass is 32.1. The average molecular weight is 453 g/mol. The van der Waals surface area contributed by atoms with Gasteiger partial charge in [-0.3, -0.25) is 0 Å². The van der Waals surface area contributed by atoms with Crippen molar-refractivity contribution >= 4 is 51.4 Å². The topological polar surface area (TPSA) is 0 Å². The number of rotatable bonds is 0. The third kappa shape index (κ3) is 2.11. The SMILES string of the molecule is c1ccc2c(c1)[SiH2]c1c(ccc3c1sc1ccccc13)C21c2ccccc2-c2ccccc21. The van der Waals surface area contributed by atoms with Crippen LogP contribution < -0.4 is 10.4 Å². The fraction of sp³-hybridized carbons (Fsp3) is 0.0323. The molecule has 0 fully saturated rings. The summed E-state index contributed by atoms with van der Waals surface area (Å²) < 4.78 is 2.91. The molecule has 2 heterocycles. The fourth-order valence-electron chi connectivity index (χ4n) is 6.56. The zero-order valence-corrected chi connectivity index (χ0v) is 20.2. The van der Waals surface area contributed by atoms with Gasteiger partial charge in [0.05, 0.1) is 14.9 Å². The summed E-state index contributed by atoms with van der Waals surface area (Å²) in [5.74, 6) is 0. The normalized spacial score (nSPS) is 15.5. The molecule has 1 spiro atoms. The maximum atomic E-state index is 2.47. The molecule has 33 heavy (non-hydrogen) atoms. The summed E-state index contributed by atoms with van der Waals surface area (Å²) in [6.45, 7) is 0. The van der Waals surface area contributed by atoms with E-state index in [1.165, 1.54) is 53.6 Å². The molecular weight excluding hydrogens is 432 g/mol. The monoisotopic (exact) mass is 452 g/mol. The summed E-state index contributed by atoms with van der Waals surface area (Å²) in [4.78, 5) is 0. The van der Waals surface area contributed by atoms with Gasteiger partial charge in [0.25, 0.3) is 0 Å². The summed E-state index contributed by atoms with van der Waals surface area (Å²) in [5.41, 5.74) is 8.44. The highest BCUT2D eigenvalue weighted by Gasteiger charge is 2.49. The quantitative estimate of drug-likeness (QED) is 0.253. The van der Waals surface area contributed by atoms with E-state index in [0.717, 1.165) is 0 Å².